The third-order valence-corrected chi connectivity index (χ3v) is 2.67. The minimum atomic E-state index is 0.777. The summed E-state index contributed by atoms with van der Waals surface area (Å²) in [5.41, 5.74) is 0. The lowest BCUT2D eigenvalue weighted by Crippen LogP contribution is -2.39. The lowest BCUT2D eigenvalue weighted by Gasteiger charge is -2.33. The van der Waals surface area contributed by atoms with Gasteiger partial charge in [0.15, 0.2) is 0 Å². The first-order valence-electron chi connectivity index (χ1n) is 5.16. The maximum Gasteiger partial charge on any atom is 0.0593 e. The maximum atomic E-state index is 5.34. The fourth-order valence-electron chi connectivity index (χ4n) is 1.82. The van der Waals surface area contributed by atoms with Crippen molar-refractivity contribution in [2.45, 2.75) is 39.2 Å². The Morgan fingerprint density at radius 2 is 2.25 bits per heavy atom. The van der Waals surface area contributed by atoms with Crippen LogP contribution in [0.3, 0.4) is 0 Å². The van der Waals surface area contributed by atoms with E-state index in [0.717, 1.165) is 25.8 Å². The van der Waals surface area contributed by atoms with E-state index in [4.69, 9.17) is 4.74 Å². The molecule has 0 bridgehead atoms. The molecule has 0 saturated carbocycles. The quantitative estimate of drug-likeness (QED) is 0.599. The molecule has 1 unspecified atom stereocenters. The monoisotopic (exact) mass is 171 g/mol. The number of hydrogen-bond donors (Lipinski definition) is 0. The second kappa shape index (κ2) is 5.55. The fourth-order valence-corrected chi connectivity index (χ4v) is 1.82. The van der Waals surface area contributed by atoms with E-state index in [9.17, 15) is 0 Å². The van der Waals surface area contributed by atoms with Gasteiger partial charge in [0, 0.05) is 19.2 Å². The van der Waals surface area contributed by atoms with Gasteiger partial charge in [-0.3, -0.25) is 4.90 Å². The topological polar surface area (TPSA) is 12.5 Å². The van der Waals surface area contributed by atoms with Crippen molar-refractivity contribution in [3.05, 3.63) is 0 Å². The first-order valence-corrected chi connectivity index (χ1v) is 5.16. The van der Waals surface area contributed by atoms with Crippen LogP contribution in [0.2, 0.25) is 0 Å². The molecule has 0 spiro atoms. The lowest BCUT2D eigenvalue weighted by atomic mass is 10.0. The van der Waals surface area contributed by atoms with Crippen LogP contribution in [0, 0.1) is 0 Å². The van der Waals surface area contributed by atoms with Gasteiger partial charge in [-0.05, 0) is 33.2 Å². The number of ether oxygens (including phenoxy) is 1. The van der Waals surface area contributed by atoms with Crippen LogP contribution in [-0.2, 0) is 4.74 Å². The molecule has 0 aromatic rings. The minimum Gasteiger partial charge on any atom is -0.380 e. The van der Waals surface area contributed by atoms with E-state index in [-0.39, 0.29) is 0 Å². The molecule has 0 aromatic carbocycles. The smallest absolute Gasteiger partial charge is 0.0593 e. The lowest BCUT2D eigenvalue weighted by molar-refractivity contribution is 0.0828. The molecular formula is C10H21NO. The molecule has 0 aromatic heterocycles. The number of piperidine rings is 1. The average Bonchev–Trinajstić information content (AvgIpc) is 2.09. The van der Waals surface area contributed by atoms with Gasteiger partial charge in [0.1, 0.15) is 0 Å². The molecule has 0 aliphatic carbocycles. The highest BCUT2D eigenvalue weighted by molar-refractivity contribution is 4.72. The van der Waals surface area contributed by atoms with Crippen molar-refractivity contribution in [2.75, 3.05) is 26.3 Å². The molecule has 1 atom stereocenters. The molecule has 1 aliphatic rings. The van der Waals surface area contributed by atoms with Crippen molar-refractivity contribution in [3.8, 4) is 0 Å². The minimum absolute atomic E-state index is 0.777. The van der Waals surface area contributed by atoms with Crippen LogP contribution in [0.1, 0.15) is 33.1 Å². The molecule has 0 radical (unpaired) electrons. The second-order valence-electron chi connectivity index (χ2n) is 3.58. The van der Waals surface area contributed by atoms with Gasteiger partial charge in [0.2, 0.25) is 0 Å². The molecule has 1 aliphatic heterocycles. The van der Waals surface area contributed by atoms with Crippen LogP contribution in [0.4, 0.5) is 0 Å². The first-order chi connectivity index (χ1) is 5.84. The fraction of sp³-hybridized carbons (Fsp3) is 1.00. The Kier molecular flexibility index (Phi) is 4.62. The first kappa shape index (κ1) is 10.0. The van der Waals surface area contributed by atoms with Crippen molar-refractivity contribution in [2.24, 2.45) is 0 Å². The van der Waals surface area contributed by atoms with Crippen molar-refractivity contribution >= 4 is 0 Å². The summed E-state index contributed by atoms with van der Waals surface area (Å²) in [5.74, 6) is 0. The van der Waals surface area contributed by atoms with Crippen molar-refractivity contribution in [1.82, 2.24) is 4.90 Å². The molecule has 1 fully saturated rings. The molecule has 0 amide bonds. The summed E-state index contributed by atoms with van der Waals surface area (Å²) in [6, 6.07) is 0.777. The largest absolute Gasteiger partial charge is 0.380 e. The predicted molar refractivity (Wildman–Crippen MR) is 51.4 cm³/mol. The Bertz CT molecular complexity index is 116. The summed E-state index contributed by atoms with van der Waals surface area (Å²) in [4.78, 5) is 2.54. The zero-order valence-corrected chi connectivity index (χ0v) is 8.38. The summed E-state index contributed by atoms with van der Waals surface area (Å²) in [6.07, 6.45) is 4.15. The van der Waals surface area contributed by atoms with E-state index in [1.165, 1.54) is 25.8 Å². The van der Waals surface area contributed by atoms with E-state index >= 15 is 0 Å². The van der Waals surface area contributed by atoms with Gasteiger partial charge in [0.05, 0.1) is 6.61 Å². The maximum absolute atomic E-state index is 5.34. The molecule has 12 heavy (non-hydrogen) atoms. The number of nitrogens with zero attached hydrogens (tertiary/aromatic N) is 1. The predicted octanol–water partition coefficient (Wildman–Crippen LogP) is 1.90. The van der Waals surface area contributed by atoms with Crippen LogP contribution in [-0.4, -0.2) is 37.2 Å². The van der Waals surface area contributed by atoms with Gasteiger partial charge < -0.3 is 4.74 Å². The zero-order valence-electron chi connectivity index (χ0n) is 8.38. The highest BCUT2D eigenvalue weighted by atomic mass is 16.5. The summed E-state index contributed by atoms with van der Waals surface area (Å²) >= 11 is 0. The molecule has 2 heteroatoms. The third-order valence-electron chi connectivity index (χ3n) is 2.67. The SMILES string of the molecule is CCOCCN1CCCCC1C. The van der Waals surface area contributed by atoms with Gasteiger partial charge >= 0.3 is 0 Å². The standard InChI is InChI=1S/C10H21NO/c1-3-12-9-8-11-7-5-4-6-10(11)2/h10H,3-9H2,1-2H3. The third kappa shape index (κ3) is 3.11. The Morgan fingerprint density at radius 3 is 2.92 bits per heavy atom. The van der Waals surface area contributed by atoms with Crippen LogP contribution in [0.25, 0.3) is 0 Å². The van der Waals surface area contributed by atoms with Crippen molar-refractivity contribution in [3.63, 3.8) is 0 Å². The Balaban J connectivity index is 2.11. The summed E-state index contributed by atoms with van der Waals surface area (Å²) in [6.45, 7) is 8.52. The summed E-state index contributed by atoms with van der Waals surface area (Å²) in [7, 11) is 0. The van der Waals surface area contributed by atoms with Crippen molar-refractivity contribution < 1.29 is 4.74 Å². The van der Waals surface area contributed by atoms with Gasteiger partial charge in [-0.1, -0.05) is 6.42 Å². The molecule has 72 valence electrons. The molecule has 0 N–H and O–H groups in total. The van der Waals surface area contributed by atoms with E-state index in [0.29, 0.717) is 0 Å². The molecule has 1 heterocycles. The van der Waals surface area contributed by atoms with E-state index in [1.54, 1.807) is 0 Å². The van der Waals surface area contributed by atoms with Crippen LogP contribution in [0.5, 0.6) is 0 Å². The average molecular weight is 171 g/mol. The molecule has 1 rings (SSSR count). The molecule has 1 saturated heterocycles. The Hall–Kier alpha value is -0.0800. The van der Waals surface area contributed by atoms with Crippen LogP contribution < -0.4 is 0 Å². The number of rotatable bonds is 4. The number of hydrogen-bond acceptors (Lipinski definition) is 2. The molecular weight excluding hydrogens is 150 g/mol. The van der Waals surface area contributed by atoms with Gasteiger partial charge in [0.25, 0.3) is 0 Å². The highest BCUT2D eigenvalue weighted by Crippen LogP contribution is 2.15. The normalized spacial score (nSPS) is 26.0. The van der Waals surface area contributed by atoms with Crippen LogP contribution >= 0.6 is 0 Å². The van der Waals surface area contributed by atoms with Gasteiger partial charge in [-0.2, -0.15) is 0 Å². The highest BCUT2D eigenvalue weighted by Gasteiger charge is 2.16. The summed E-state index contributed by atoms with van der Waals surface area (Å²) in [5, 5.41) is 0. The van der Waals surface area contributed by atoms with E-state index in [2.05, 4.69) is 18.7 Å². The van der Waals surface area contributed by atoms with Crippen LogP contribution in [0.15, 0.2) is 0 Å². The van der Waals surface area contributed by atoms with Crippen molar-refractivity contribution in [1.29, 1.82) is 0 Å². The van der Waals surface area contributed by atoms with Gasteiger partial charge in [-0.25, -0.2) is 0 Å². The second-order valence-corrected chi connectivity index (χ2v) is 3.58. The summed E-state index contributed by atoms with van der Waals surface area (Å²) < 4.78 is 5.34. The van der Waals surface area contributed by atoms with E-state index in [1.807, 2.05) is 0 Å². The molecule has 2 nitrogen and oxygen atoms in total. The number of likely N-dealkylation sites (tertiary alicyclic amines) is 1. The van der Waals surface area contributed by atoms with Gasteiger partial charge in [-0.15, -0.1) is 0 Å². The zero-order chi connectivity index (χ0) is 8.81. The Labute approximate surface area is 75.9 Å². The Morgan fingerprint density at radius 1 is 1.42 bits per heavy atom. The van der Waals surface area contributed by atoms with E-state index < -0.39 is 0 Å².